The molecule has 0 saturated heterocycles. The summed E-state index contributed by atoms with van der Waals surface area (Å²) < 4.78 is 1.88. The van der Waals surface area contributed by atoms with Gasteiger partial charge in [-0.3, -0.25) is 9.20 Å². The summed E-state index contributed by atoms with van der Waals surface area (Å²) in [6.07, 6.45) is 2.44. The predicted octanol–water partition coefficient (Wildman–Crippen LogP) is 1.41. The average Bonchev–Trinajstić information content (AvgIpc) is 2.91. The van der Waals surface area contributed by atoms with E-state index in [0.717, 1.165) is 11.5 Å². The molecule has 0 aliphatic heterocycles. The molecule has 21 heavy (non-hydrogen) atoms. The number of phenolic OH excluding ortho intramolecular Hbond substituents is 1. The van der Waals surface area contributed by atoms with Crippen molar-refractivity contribution in [3.63, 3.8) is 0 Å². The van der Waals surface area contributed by atoms with Crippen LogP contribution in [-0.2, 0) is 6.42 Å². The van der Waals surface area contributed by atoms with Crippen molar-refractivity contribution >= 4 is 11.6 Å². The highest BCUT2D eigenvalue weighted by Crippen LogP contribution is 2.14. The number of aromatic hydroxyl groups is 1. The van der Waals surface area contributed by atoms with Crippen molar-refractivity contribution in [2.24, 2.45) is 0 Å². The average molecular weight is 282 g/mol. The number of aromatic nitrogens is 3. The van der Waals surface area contributed by atoms with Gasteiger partial charge < -0.3 is 10.4 Å². The maximum atomic E-state index is 11.9. The van der Waals surface area contributed by atoms with E-state index >= 15 is 0 Å². The van der Waals surface area contributed by atoms with Crippen LogP contribution in [0.3, 0.4) is 0 Å². The summed E-state index contributed by atoms with van der Waals surface area (Å²) in [5.74, 6) is 0.452. The van der Waals surface area contributed by atoms with Crippen LogP contribution in [0, 0.1) is 0 Å². The Morgan fingerprint density at radius 2 is 1.95 bits per heavy atom. The fraction of sp³-hybridized carbons (Fsp3) is 0.133. The first-order valence-corrected chi connectivity index (χ1v) is 6.60. The molecule has 2 heterocycles. The first-order valence-electron chi connectivity index (χ1n) is 6.60. The number of fused-ring (bicyclic) bond motifs is 1. The third-order valence-electron chi connectivity index (χ3n) is 3.17. The molecule has 2 N–H and O–H groups in total. The van der Waals surface area contributed by atoms with Crippen LogP contribution in [-0.4, -0.2) is 32.2 Å². The summed E-state index contributed by atoms with van der Waals surface area (Å²) in [5.41, 5.74) is 1.04. The Morgan fingerprint density at radius 3 is 2.81 bits per heavy atom. The second-order valence-corrected chi connectivity index (χ2v) is 4.57. The van der Waals surface area contributed by atoms with Crippen LogP contribution in [0.2, 0.25) is 0 Å². The van der Waals surface area contributed by atoms with Gasteiger partial charge in [0, 0.05) is 19.2 Å². The minimum atomic E-state index is -0.304. The van der Waals surface area contributed by atoms with Crippen molar-refractivity contribution in [1.29, 1.82) is 0 Å². The largest absolute Gasteiger partial charge is 0.507 e. The number of nitrogens with one attached hydrogen (secondary N) is 1. The molecule has 0 aliphatic carbocycles. The molecule has 6 heteroatoms. The highest BCUT2D eigenvalue weighted by atomic mass is 16.3. The van der Waals surface area contributed by atoms with Gasteiger partial charge in [0.05, 0.1) is 5.56 Å². The van der Waals surface area contributed by atoms with Gasteiger partial charge in [-0.15, -0.1) is 10.2 Å². The summed E-state index contributed by atoms with van der Waals surface area (Å²) in [5, 5.41) is 20.5. The molecule has 3 aromatic rings. The normalized spacial score (nSPS) is 10.7. The molecule has 3 rings (SSSR count). The van der Waals surface area contributed by atoms with Crippen molar-refractivity contribution < 1.29 is 9.90 Å². The highest BCUT2D eigenvalue weighted by Gasteiger charge is 2.10. The molecule has 0 radical (unpaired) electrons. The Balaban J connectivity index is 1.64. The lowest BCUT2D eigenvalue weighted by molar-refractivity contribution is 0.0951. The van der Waals surface area contributed by atoms with E-state index in [1.165, 1.54) is 6.07 Å². The van der Waals surface area contributed by atoms with Crippen LogP contribution in [0.25, 0.3) is 5.65 Å². The zero-order valence-corrected chi connectivity index (χ0v) is 11.2. The predicted molar refractivity (Wildman–Crippen MR) is 77.1 cm³/mol. The Bertz CT molecular complexity index is 782. The first-order chi connectivity index (χ1) is 10.3. The quantitative estimate of drug-likeness (QED) is 0.758. The standard InChI is InChI=1S/C15H14N4O2/c20-12-6-2-1-5-11(12)15(21)16-9-8-14-18-17-13-7-3-4-10-19(13)14/h1-7,10,20H,8-9H2,(H,16,21). The smallest absolute Gasteiger partial charge is 0.255 e. The van der Waals surface area contributed by atoms with Gasteiger partial charge >= 0.3 is 0 Å². The molecule has 0 saturated carbocycles. The van der Waals surface area contributed by atoms with E-state index in [-0.39, 0.29) is 17.2 Å². The summed E-state index contributed by atoms with van der Waals surface area (Å²) in [6, 6.07) is 12.1. The Labute approximate surface area is 121 Å². The van der Waals surface area contributed by atoms with E-state index in [9.17, 15) is 9.90 Å². The third kappa shape index (κ3) is 2.69. The van der Waals surface area contributed by atoms with Gasteiger partial charge in [-0.2, -0.15) is 0 Å². The van der Waals surface area contributed by atoms with Gasteiger partial charge in [-0.05, 0) is 24.3 Å². The van der Waals surface area contributed by atoms with Crippen LogP contribution in [0.1, 0.15) is 16.2 Å². The second kappa shape index (κ2) is 5.62. The number of phenols is 1. The maximum absolute atomic E-state index is 11.9. The van der Waals surface area contributed by atoms with E-state index in [1.54, 1.807) is 18.2 Å². The van der Waals surface area contributed by atoms with Gasteiger partial charge in [0.25, 0.3) is 5.91 Å². The number of carbonyl (C=O) groups is 1. The molecule has 0 fully saturated rings. The van der Waals surface area contributed by atoms with Crippen LogP contribution in [0.4, 0.5) is 0 Å². The van der Waals surface area contributed by atoms with Crippen molar-refractivity contribution in [1.82, 2.24) is 19.9 Å². The lowest BCUT2D eigenvalue weighted by Crippen LogP contribution is -2.26. The Morgan fingerprint density at radius 1 is 1.14 bits per heavy atom. The SMILES string of the molecule is O=C(NCCc1nnc2ccccn12)c1ccccc1O. The fourth-order valence-corrected chi connectivity index (χ4v) is 2.11. The van der Waals surface area contributed by atoms with Crippen molar-refractivity contribution in [3.05, 3.63) is 60.0 Å². The second-order valence-electron chi connectivity index (χ2n) is 4.57. The van der Waals surface area contributed by atoms with Crippen LogP contribution in [0.5, 0.6) is 5.75 Å². The maximum Gasteiger partial charge on any atom is 0.255 e. The number of rotatable bonds is 4. The number of para-hydroxylation sites is 1. The molecule has 6 nitrogen and oxygen atoms in total. The summed E-state index contributed by atoms with van der Waals surface area (Å²) >= 11 is 0. The molecular formula is C15H14N4O2. The van der Waals surface area contributed by atoms with Crippen molar-refractivity contribution in [2.75, 3.05) is 6.54 Å². The molecule has 2 aromatic heterocycles. The third-order valence-corrected chi connectivity index (χ3v) is 3.17. The van der Waals surface area contributed by atoms with E-state index in [0.29, 0.717) is 13.0 Å². The molecule has 0 aliphatic rings. The van der Waals surface area contributed by atoms with E-state index in [4.69, 9.17) is 0 Å². The van der Waals surface area contributed by atoms with Crippen LogP contribution in [0.15, 0.2) is 48.7 Å². The minimum absolute atomic E-state index is 0.0251. The summed E-state index contributed by atoms with van der Waals surface area (Å²) in [7, 11) is 0. The van der Waals surface area contributed by atoms with Gasteiger partial charge in [0.15, 0.2) is 5.65 Å². The zero-order valence-electron chi connectivity index (χ0n) is 11.2. The van der Waals surface area contributed by atoms with Crippen LogP contribution < -0.4 is 5.32 Å². The monoisotopic (exact) mass is 282 g/mol. The van der Waals surface area contributed by atoms with E-state index in [1.807, 2.05) is 28.8 Å². The zero-order chi connectivity index (χ0) is 14.7. The topological polar surface area (TPSA) is 79.5 Å². The Kier molecular flexibility index (Phi) is 3.51. The number of hydrogen-bond acceptors (Lipinski definition) is 4. The molecule has 1 amide bonds. The van der Waals surface area contributed by atoms with Gasteiger partial charge in [0.1, 0.15) is 11.6 Å². The molecule has 0 unspecified atom stereocenters. The number of carbonyl (C=O) groups excluding carboxylic acids is 1. The number of pyridine rings is 1. The van der Waals surface area contributed by atoms with Gasteiger partial charge in [0.2, 0.25) is 0 Å². The van der Waals surface area contributed by atoms with Crippen molar-refractivity contribution in [2.45, 2.75) is 6.42 Å². The number of benzene rings is 1. The lowest BCUT2D eigenvalue weighted by Gasteiger charge is -2.06. The molecular weight excluding hydrogens is 268 g/mol. The van der Waals surface area contributed by atoms with Gasteiger partial charge in [-0.25, -0.2) is 0 Å². The van der Waals surface area contributed by atoms with Gasteiger partial charge in [-0.1, -0.05) is 18.2 Å². The molecule has 0 bridgehead atoms. The van der Waals surface area contributed by atoms with E-state index in [2.05, 4.69) is 15.5 Å². The lowest BCUT2D eigenvalue weighted by atomic mass is 10.2. The molecule has 1 aromatic carbocycles. The minimum Gasteiger partial charge on any atom is -0.507 e. The highest BCUT2D eigenvalue weighted by molar-refractivity contribution is 5.96. The van der Waals surface area contributed by atoms with Crippen LogP contribution >= 0.6 is 0 Å². The number of nitrogens with zero attached hydrogens (tertiary/aromatic N) is 3. The molecule has 0 atom stereocenters. The fourth-order valence-electron chi connectivity index (χ4n) is 2.11. The summed E-state index contributed by atoms with van der Waals surface area (Å²) in [6.45, 7) is 0.419. The van der Waals surface area contributed by atoms with E-state index < -0.39 is 0 Å². The summed E-state index contributed by atoms with van der Waals surface area (Å²) in [4.78, 5) is 11.9. The van der Waals surface area contributed by atoms with Crippen molar-refractivity contribution in [3.8, 4) is 5.75 Å². The molecule has 106 valence electrons. The first kappa shape index (κ1) is 13.1. The number of amides is 1. The number of hydrogen-bond donors (Lipinski definition) is 2. The Hall–Kier alpha value is -2.89. The molecule has 0 spiro atoms.